The summed E-state index contributed by atoms with van der Waals surface area (Å²) < 4.78 is 37.3. The quantitative estimate of drug-likeness (QED) is 0.0509. The van der Waals surface area contributed by atoms with E-state index < -0.39 is 32.5 Å². The summed E-state index contributed by atoms with van der Waals surface area (Å²) in [6.07, 6.45) is 1.96. The van der Waals surface area contributed by atoms with E-state index in [0.717, 1.165) is 37.2 Å². The summed E-state index contributed by atoms with van der Waals surface area (Å²) in [4.78, 5) is 43.3. The van der Waals surface area contributed by atoms with Crippen LogP contribution in [0.1, 0.15) is 68.4 Å². The van der Waals surface area contributed by atoms with Gasteiger partial charge in [-0.1, -0.05) is 0 Å². The van der Waals surface area contributed by atoms with Gasteiger partial charge in [0.1, 0.15) is 12.8 Å². The molecule has 18 nitrogen and oxygen atoms in total. The average Bonchev–Trinajstić information content (AvgIpc) is 3.98. The summed E-state index contributed by atoms with van der Waals surface area (Å²) >= 11 is 0. The second kappa shape index (κ2) is 18.3. The minimum atomic E-state index is -1.58. The minimum absolute atomic E-state index is 0.0732. The van der Waals surface area contributed by atoms with Gasteiger partial charge in [-0.15, -0.1) is 10.2 Å². The number of hydrogen-bond acceptors (Lipinski definition) is 14. The second-order valence-corrected chi connectivity index (χ2v) is 16.5. The molecule has 0 aliphatic carbocycles. The van der Waals surface area contributed by atoms with Crippen molar-refractivity contribution in [1.29, 1.82) is 0 Å². The number of ether oxygens (including phenoxy) is 1. The zero-order valence-corrected chi connectivity index (χ0v) is 34.7. The summed E-state index contributed by atoms with van der Waals surface area (Å²) in [5.41, 5.74) is 9.16. The first kappa shape index (κ1) is 40.5. The number of anilines is 4. The molecule has 2 saturated heterocycles. The third kappa shape index (κ3) is 9.62. The monoisotopic (exact) mass is 827 g/mol. The number of aromatic nitrogens is 6. The normalized spacial score (nSPS) is 19.4. The highest BCUT2D eigenvalue weighted by molar-refractivity contribution is 7.44. The number of H-pyrrole nitrogens is 1. The maximum absolute atomic E-state index is 13.4. The van der Waals surface area contributed by atoms with Crippen LogP contribution >= 0.6 is 8.53 Å². The minimum Gasteiger partial charge on any atom is -0.416 e. The van der Waals surface area contributed by atoms with Crippen LogP contribution in [0.4, 0.5) is 23.0 Å². The van der Waals surface area contributed by atoms with Crippen LogP contribution < -0.4 is 26.8 Å². The molecule has 1 unspecified atom stereocenters. The van der Waals surface area contributed by atoms with Crippen LogP contribution in [0.2, 0.25) is 0 Å². The van der Waals surface area contributed by atoms with Crippen molar-refractivity contribution >= 4 is 48.6 Å². The van der Waals surface area contributed by atoms with Gasteiger partial charge in [0.25, 0.3) is 14.1 Å². The Morgan fingerprint density at radius 1 is 1.12 bits per heavy atom. The molecule has 4 atom stereocenters. The number of nitrogens with zero attached hydrogens (tertiary/aromatic N) is 8. The van der Waals surface area contributed by atoms with E-state index >= 15 is 0 Å². The van der Waals surface area contributed by atoms with Crippen molar-refractivity contribution in [2.75, 3.05) is 41.8 Å². The van der Waals surface area contributed by atoms with E-state index in [4.69, 9.17) is 36.9 Å². The van der Waals surface area contributed by atoms with Gasteiger partial charge in [0, 0.05) is 62.7 Å². The number of carbonyl (C=O) groups excluding carboxylic acids is 1. The van der Waals surface area contributed by atoms with Gasteiger partial charge in [0.15, 0.2) is 11.2 Å². The summed E-state index contributed by atoms with van der Waals surface area (Å²) in [6, 6.07) is 13.6. The third-order valence-corrected chi connectivity index (χ3v) is 12.2. The molecule has 0 saturated carbocycles. The molecule has 3 aromatic heterocycles. The van der Waals surface area contributed by atoms with Crippen molar-refractivity contribution in [3.63, 3.8) is 0 Å². The predicted molar refractivity (Wildman–Crippen MR) is 226 cm³/mol. The molecule has 2 aliphatic heterocycles. The van der Waals surface area contributed by atoms with Gasteiger partial charge in [-0.05, 0) is 89.9 Å². The molecule has 5 heterocycles. The fraction of sp³-hybridized carbons (Fsp3) is 0.475. The third-order valence-electron chi connectivity index (χ3n) is 10.1. The Labute approximate surface area is 345 Å². The molecular formula is C40H51N12O6P. The van der Waals surface area contributed by atoms with Crippen molar-refractivity contribution in [2.24, 2.45) is 5.73 Å². The average molecular weight is 828 g/mol. The van der Waals surface area contributed by atoms with E-state index in [1.165, 1.54) is 13.3 Å². The predicted octanol–water partition coefficient (Wildman–Crippen LogP) is 6.44. The van der Waals surface area contributed by atoms with Crippen LogP contribution in [0.5, 0.6) is 0 Å². The zero-order valence-electron chi connectivity index (χ0n) is 34.8. The number of imidazole rings is 1. The Morgan fingerprint density at radius 3 is 2.51 bits per heavy atom. The van der Waals surface area contributed by atoms with Gasteiger partial charge < -0.3 is 44.3 Å². The standard InChI is InChI=1S/C40H51N12O6P/c1-23(2)52(24(3)4)59(55-19-16-42-7)58-33-21-34(56-25(33)5)51-22-43-35-36(51)46-40(47-37(35)54)45-32-20-28(10-13-31(32)44-26(6)53)39-49-48-38(57-39)27-8-11-30(12-9-27)50-17-14-29(41)15-18-50/h8-13,20,22-25,29,33-34H,14-19,21,41H2,1-6H3,(H,44,53)(H2,45,46,47,54)/t25-,33-,34-,59?/m1/s1/i5D. The van der Waals surface area contributed by atoms with Gasteiger partial charge >= 0.3 is 0 Å². The molecule has 312 valence electrons. The lowest BCUT2D eigenvalue weighted by molar-refractivity contribution is -0.114. The molecule has 2 aliphatic rings. The lowest BCUT2D eigenvalue weighted by Crippen LogP contribution is -2.39. The van der Waals surface area contributed by atoms with Crippen LogP contribution in [0.15, 0.2) is 58.0 Å². The van der Waals surface area contributed by atoms with E-state index in [0.29, 0.717) is 29.2 Å². The Hall–Kier alpha value is -5.28. The molecule has 0 spiro atoms. The molecule has 0 bridgehead atoms. The summed E-state index contributed by atoms with van der Waals surface area (Å²) in [6.45, 7) is 19.0. The first-order chi connectivity index (χ1) is 28.9. The van der Waals surface area contributed by atoms with Crippen LogP contribution in [0.25, 0.3) is 38.9 Å². The molecular weight excluding hydrogens is 775 g/mol. The Kier molecular flexibility index (Phi) is 12.6. The van der Waals surface area contributed by atoms with Gasteiger partial charge in [0.05, 0.1) is 29.9 Å². The second-order valence-electron chi connectivity index (χ2n) is 15.1. The maximum atomic E-state index is 13.4. The van der Waals surface area contributed by atoms with Crippen molar-refractivity contribution < 1.29 is 24.4 Å². The molecule has 5 N–H and O–H groups in total. The van der Waals surface area contributed by atoms with Gasteiger partial charge in [0.2, 0.25) is 30.2 Å². The largest absolute Gasteiger partial charge is 0.416 e. The van der Waals surface area contributed by atoms with Crippen molar-refractivity contribution in [2.45, 2.75) is 97.3 Å². The van der Waals surface area contributed by atoms with Gasteiger partial charge in [-0.2, -0.15) is 4.98 Å². The molecule has 0 radical (unpaired) electrons. The SMILES string of the molecule is [2H]C[C@H]1O[C@@H](n2cnc3c(=O)[nH]c(Nc4cc(-c5nnc(-c6ccc(N7CCC(N)CC7)cc6)o5)ccc4NC(C)=O)nc32)C[C@H]1OP(OCC[N+]#[C-])N(C(C)C)C(C)C. The number of hydrogen-bond donors (Lipinski definition) is 4. The summed E-state index contributed by atoms with van der Waals surface area (Å²) in [7, 11) is -1.58. The fourth-order valence-electron chi connectivity index (χ4n) is 7.22. The van der Waals surface area contributed by atoms with Crippen molar-refractivity contribution in [3.05, 3.63) is 70.6 Å². The van der Waals surface area contributed by atoms with E-state index in [2.05, 4.69) is 72.9 Å². The first-order valence-electron chi connectivity index (χ1n) is 20.4. The molecule has 59 heavy (non-hydrogen) atoms. The first-order valence-corrected chi connectivity index (χ1v) is 20.8. The molecule has 2 fully saturated rings. The number of piperidine rings is 1. The summed E-state index contributed by atoms with van der Waals surface area (Å²) in [5.74, 6) is 0.361. The number of rotatable bonds is 15. The number of nitrogens with one attached hydrogen (secondary N) is 3. The fourth-order valence-corrected chi connectivity index (χ4v) is 8.97. The highest BCUT2D eigenvalue weighted by Crippen LogP contribution is 2.50. The lowest BCUT2D eigenvalue weighted by atomic mass is 10.1. The van der Waals surface area contributed by atoms with Crippen LogP contribution in [0, 0.1) is 6.57 Å². The zero-order chi connectivity index (χ0) is 42.5. The van der Waals surface area contributed by atoms with E-state index in [1.54, 1.807) is 22.8 Å². The highest BCUT2D eigenvalue weighted by atomic mass is 31.2. The lowest BCUT2D eigenvalue weighted by Gasteiger charge is -2.36. The molecule has 19 heteroatoms. The van der Waals surface area contributed by atoms with Gasteiger partial charge in [-0.25, -0.2) is 16.2 Å². The Balaban J connectivity index is 1.12. The molecule has 2 aromatic carbocycles. The number of fused-ring (bicyclic) bond motifs is 1. The molecule has 1 amide bonds. The number of aromatic amines is 1. The van der Waals surface area contributed by atoms with E-state index in [9.17, 15) is 9.59 Å². The topological polar surface area (TPSA) is 208 Å². The maximum Gasteiger partial charge on any atom is 0.280 e. The van der Waals surface area contributed by atoms with Crippen molar-refractivity contribution in [1.82, 2.24) is 34.4 Å². The molecule has 7 rings (SSSR count). The number of carbonyl (C=O) groups is 1. The number of benzene rings is 2. The molecule has 5 aromatic rings. The summed E-state index contributed by atoms with van der Waals surface area (Å²) in [5, 5.41) is 14.6. The number of nitrogens with two attached hydrogens (primary N) is 1. The van der Waals surface area contributed by atoms with Gasteiger partial charge in [-0.3, -0.25) is 19.1 Å². The number of amides is 1. The van der Waals surface area contributed by atoms with Crippen LogP contribution in [-0.2, 0) is 18.6 Å². The Morgan fingerprint density at radius 2 is 1.83 bits per heavy atom. The van der Waals surface area contributed by atoms with Crippen molar-refractivity contribution in [3.8, 4) is 22.9 Å². The highest BCUT2D eigenvalue weighted by Gasteiger charge is 2.40. The van der Waals surface area contributed by atoms with E-state index in [1.807, 2.05) is 24.3 Å². The van der Waals surface area contributed by atoms with E-state index in [-0.39, 0.29) is 67.1 Å². The Bertz CT molecular complexity index is 2350. The smallest absolute Gasteiger partial charge is 0.280 e. The van der Waals surface area contributed by atoms with Crippen LogP contribution in [0.3, 0.4) is 0 Å². The van der Waals surface area contributed by atoms with Crippen LogP contribution in [-0.4, -0.2) is 96.9 Å².